The van der Waals surface area contributed by atoms with E-state index in [0.717, 1.165) is 37.0 Å². The van der Waals surface area contributed by atoms with E-state index < -0.39 is 45.2 Å². The fourth-order valence-electron chi connectivity index (χ4n) is 7.56. The van der Waals surface area contributed by atoms with E-state index >= 15 is 0 Å². The Kier molecular flexibility index (Phi) is 5.76. The lowest BCUT2D eigenvalue weighted by Gasteiger charge is -2.51. The Morgan fingerprint density at radius 1 is 0.973 bits per heavy atom. The molecule has 4 fully saturated rings. The van der Waals surface area contributed by atoms with Crippen molar-refractivity contribution in [2.75, 3.05) is 7.05 Å². The molecule has 2 saturated carbocycles. The quantitative estimate of drug-likeness (QED) is 0.327. The van der Waals surface area contributed by atoms with Gasteiger partial charge in [-0.2, -0.15) is 0 Å². The highest BCUT2D eigenvalue weighted by Crippen LogP contribution is 2.66. The first kappa shape index (κ1) is 25.2. The van der Waals surface area contributed by atoms with Crippen LogP contribution in [-0.2, 0) is 19.2 Å². The molecule has 5 aliphatic rings. The smallest absolute Gasteiger partial charge is 0.253 e. The van der Waals surface area contributed by atoms with Crippen LogP contribution in [0.4, 0.5) is 0 Å². The monoisotopic (exact) mass is 564 g/mol. The van der Waals surface area contributed by atoms with E-state index in [1.165, 1.54) is 24.1 Å². The van der Waals surface area contributed by atoms with E-state index in [1.54, 1.807) is 6.07 Å². The normalized spacial score (nSPS) is 38.0. The van der Waals surface area contributed by atoms with Crippen molar-refractivity contribution in [1.29, 1.82) is 0 Å². The molecule has 0 unspecified atom stereocenters. The molecule has 6 rings (SSSR count). The zero-order valence-electron chi connectivity index (χ0n) is 20.3. The SMILES string of the molecule is CN1C(=O)[C@]2(Cl)C[C@@H]3C(=CC[C@@H]4C(=O)N(C5CCCCC5)C(=O)[C@@H]43)[C@H](c3ccc(O)cc3Cl)[C@]2(Cl)C1=O. The molecule has 196 valence electrons. The number of nitrogens with zero attached hydrogens (tertiary/aromatic N) is 2. The van der Waals surface area contributed by atoms with Crippen LogP contribution in [0.5, 0.6) is 5.75 Å². The van der Waals surface area contributed by atoms with Crippen LogP contribution in [0.25, 0.3) is 0 Å². The zero-order chi connectivity index (χ0) is 26.4. The van der Waals surface area contributed by atoms with E-state index in [2.05, 4.69) is 0 Å². The van der Waals surface area contributed by atoms with Gasteiger partial charge in [0.15, 0.2) is 9.75 Å². The van der Waals surface area contributed by atoms with E-state index in [9.17, 15) is 24.3 Å². The Hall–Kier alpha value is -2.09. The number of hydrogen-bond donors (Lipinski definition) is 1. The predicted molar refractivity (Wildman–Crippen MR) is 137 cm³/mol. The number of alkyl halides is 2. The molecule has 4 amide bonds. The second-order valence-corrected chi connectivity index (χ2v) is 12.7. The van der Waals surface area contributed by atoms with Gasteiger partial charge in [0, 0.05) is 24.0 Å². The third kappa shape index (κ3) is 3.20. The van der Waals surface area contributed by atoms with Gasteiger partial charge in [-0.25, -0.2) is 0 Å². The average molecular weight is 566 g/mol. The van der Waals surface area contributed by atoms with Crippen LogP contribution in [0.2, 0.25) is 5.02 Å². The lowest BCUT2D eigenvalue weighted by atomic mass is 9.56. The summed E-state index contributed by atoms with van der Waals surface area (Å²) in [7, 11) is 1.35. The van der Waals surface area contributed by atoms with Crippen LogP contribution in [-0.4, -0.2) is 61.4 Å². The summed E-state index contributed by atoms with van der Waals surface area (Å²) >= 11 is 20.8. The van der Waals surface area contributed by atoms with Crippen molar-refractivity contribution in [3.05, 3.63) is 40.4 Å². The molecule has 0 radical (unpaired) electrons. The first-order chi connectivity index (χ1) is 17.5. The molecule has 10 heteroatoms. The third-order valence-electron chi connectivity index (χ3n) is 9.28. The number of phenolic OH excluding ortho intramolecular Hbond substituents is 1. The number of likely N-dealkylation sites (tertiary alicyclic amines) is 2. The van der Waals surface area contributed by atoms with Gasteiger partial charge in [-0.15, -0.1) is 23.2 Å². The van der Waals surface area contributed by atoms with Crippen molar-refractivity contribution < 1.29 is 24.3 Å². The molecule has 2 aliphatic heterocycles. The summed E-state index contributed by atoms with van der Waals surface area (Å²) in [5.74, 6) is -4.41. The minimum absolute atomic E-state index is 0.0380. The lowest BCUT2D eigenvalue weighted by Crippen LogP contribution is -2.60. The molecule has 7 nitrogen and oxygen atoms in total. The van der Waals surface area contributed by atoms with Crippen molar-refractivity contribution in [3.8, 4) is 5.75 Å². The largest absolute Gasteiger partial charge is 0.508 e. The van der Waals surface area contributed by atoms with Crippen molar-refractivity contribution in [3.63, 3.8) is 0 Å². The maximum absolute atomic E-state index is 13.9. The number of carbonyl (C=O) groups excluding carboxylic acids is 4. The second-order valence-electron chi connectivity index (χ2n) is 11.0. The molecule has 37 heavy (non-hydrogen) atoms. The number of hydrogen-bond acceptors (Lipinski definition) is 5. The van der Waals surface area contributed by atoms with Gasteiger partial charge >= 0.3 is 0 Å². The summed E-state index contributed by atoms with van der Waals surface area (Å²) < 4.78 is 0. The van der Waals surface area contributed by atoms with Crippen molar-refractivity contribution >= 4 is 58.4 Å². The van der Waals surface area contributed by atoms with E-state index in [0.29, 0.717) is 17.6 Å². The van der Waals surface area contributed by atoms with Crippen LogP contribution < -0.4 is 0 Å². The maximum Gasteiger partial charge on any atom is 0.253 e. The number of benzene rings is 1. The van der Waals surface area contributed by atoms with Gasteiger partial charge in [0.1, 0.15) is 5.75 Å². The van der Waals surface area contributed by atoms with Gasteiger partial charge in [-0.1, -0.05) is 48.6 Å². The lowest BCUT2D eigenvalue weighted by molar-refractivity contribution is -0.144. The number of fused-ring (bicyclic) bond motifs is 4. The van der Waals surface area contributed by atoms with Crippen molar-refractivity contribution in [1.82, 2.24) is 9.80 Å². The highest BCUT2D eigenvalue weighted by molar-refractivity contribution is 6.53. The summed E-state index contributed by atoms with van der Waals surface area (Å²) in [6.45, 7) is 0. The number of imide groups is 2. The van der Waals surface area contributed by atoms with Crippen molar-refractivity contribution in [2.45, 2.75) is 66.7 Å². The summed E-state index contributed by atoms with van der Waals surface area (Å²) in [6, 6.07) is 4.26. The Labute approximate surface area is 229 Å². The summed E-state index contributed by atoms with van der Waals surface area (Å²) in [6.07, 6.45) is 6.85. The molecular formula is C27H27Cl3N2O5. The van der Waals surface area contributed by atoms with Crippen molar-refractivity contribution in [2.24, 2.45) is 17.8 Å². The van der Waals surface area contributed by atoms with Gasteiger partial charge in [-0.05, 0) is 49.3 Å². The van der Waals surface area contributed by atoms with Crippen LogP contribution in [0.15, 0.2) is 29.8 Å². The molecule has 2 heterocycles. The average Bonchev–Trinajstić information content (AvgIpc) is 3.20. The predicted octanol–water partition coefficient (Wildman–Crippen LogP) is 4.37. The fourth-order valence-corrected chi connectivity index (χ4v) is 8.86. The fraction of sp³-hybridized carbons (Fsp3) is 0.556. The van der Waals surface area contributed by atoms with Gasteiger partial charge in [-0.3, -0.25) is 29.0 Å². The summed E-state index contributed by atoms with van der Waals surface area (Å²) in [5, 5.41) is 10.1. The van der Waals surface area contributed by atoms with E-state index in [1.807, 2.05) is 6.08 Å². The van der Waals surface area contributed by atoms with Gasteiger partial charge in [0.25, 0.3) is 11.8 Å². The number of aromatic hydroxyl groups is 1. The number of allylic oxidation sites excluding steroid dienone is 2. The molecule has 2 saturated heterocycles. The molecule has 1 N–H and O–H groups in total. The number of amides is 4. The number of halogens is 3. The number of carbonyl (C=O) groups is 4. The number of phenols is 1. The zero-order valence-corrected chi connectivity index (χ0v) is 22.5. The van der Waals surface area contributed by atoms with Gasteiger partial charge in [0.05, 0.1) is 11.8 Å². The Balaban J connectivity index is 1.50. The van der Waals surface area contributed by atoms with Gasteiger partial charge in [0.2, 0.25) is 11.8 Å². The highest BCUT2D eigenvalue weighted by atomic mass is 35.5. The van der Waals surface area contributed by atoms with Crippen LogP contribution >= 0.6 is 34.8 Å². The second kappa shape index (κ2) is 8.45. The standard InChI is InChI=1S/C27H27Cl3N2O5/c1-31-24(36)26(29)12-18-15(21(27(26,30)25(31)37)16-8-7-14(33)11-19(16)28)9-10-17-20(18)23(35)32(22(17)34)13-5-3-2-4-6-13/h7-9,11,13,17-18,20-21,33H,2-6,10,12H2,1H3/t17-,18+,20-,21+,26+,27-/m0/s1. The summed E-state index contributed by atoms with van der Waals surface area (Å²) in [5.41, 5.74) is 1.13. The Morgan fingerprint density at radius 2 is 1.68 bits per heavy atom. The molecule has 0 aromatic heterocycles. The summed E-state index contributed by atoms with van der Waals surface area (Å²) in [4.78, 5) is 53.2. The maximum atomic E-state index is 13.9. The first-order valence-electron chi connectivity index (χ1n) is 12.8. The Bertz CT molecular complexity index is 1280. The molecular weight excluding hydrogens is 539 g/mol. The molecule has 0 spiro atoms. The van der Waals surface area contributed by atoms with E-state index in [4.69, 9.17) is 34.8 Å². The molecule has 1 aromatic carbocycles. The molecule has 3 aliphatic carbocycles. The van der Waals surface area contributed by atoms with Crippen LogP contribution in [0.3, 0.4) is 0 Å². The van der Waals surface area contributed by atoms with Gasteiger partial charge < -0.3 is 5.11 Å². The third-order valence-corrected chi connectivity index (χ3v) is 11.0. The van der Waals surface area contributed by atoms with Crippen LogP contribution in [0.1, 0.15) is 56.4 Å². The Morgan fingerprint density at radius 3 is 2.35 bits per heavy atom. The molecule has 6 atom stereocenters. The minimum Gasteiger partial charge on any atom is -0.508 e. The van der Waals surface area contributed by atoms with Crippen LogP contribution in [0, 0.1) is 17.8 Å². The minimum atomic E-state index is -1.88. The van der Waals surface area contributed by atoms with E-state index in [-0.39, 0.29) is 35.0 Å². The molecule has 1 aromatic rings. The topological polar surface area (TPSA) is 95.0 Å². The first-order valence-corrected chi connectivity index (χ1v) is 13.9. The number of rotatable bonds is 2. The highest BCUT2D eigenvalue weighted by Gasteiger charge is 2.76. The molecule has 0 bridgehead atoms.